The van der Waals surface area contributed by atoms with Gasteiger partial charge in [0.1, 0.15) is 5.82 Å². The molecule has 0 saturated carbocycles. The van der Waals surface area contributed by atoms with Crippen molar-refractivity contribution in [2.24, 2.45) is 0 Å². The minimum absolute atomic E-state index is 0.0589. The Morgan fingerprint density at radius 3 is 2.31 bits per heavy atom. The van der Waals surface area contributed by atoms with Crippen LogP contribution in [0, 0.1) is 5.82 Å². The van der Waals surface area contributed by atoms with Crippen LogP contribution >= 0.6 is 0 Å². The van der Waals surface area contributed by atoms with Crippen molar-refractivity contribution in [3.8, 4) is 0 Å². The SMILES string of the molecule is O=C(CCCc1ccccc1)N(O)S(=O)(=O)N1CCC(c2ccc(F)cc2)CC1. The van der Waals surface area contributed by atoms with Crippen LogP contribution in [0.2, 0.25) is 0 Å². The molecule has 29 heavy (non-hydrogen) atoms. The molecule has 0 atom stereocenters. The fourth-order valence-electron chi connectivity index (χ4n) is 3.58. The van der Waals surface area contributed by atoms with E-state index in [2.05, 4.69) is 0 Å². The number of piperidine rings is 1. The van der Waals surface area contributed by atoms with Crippen molar-refractivity contribution in [2.45, 2.75) is 38.0 Å². The first-order chi connectivity index (χ1) is 13.9. The van der Waals surface area contributed by atoms with Gasteiger partial charge in [-0.1, -0.05) is 46.9 Å². The molecular weight excluding hydrogens is 395 g/mol. The number of halogens is 1. The molecule has 1 amide bonds. The highest BCUT2D eigenvalue weighted by molar-refractivity contribution is 7.87. The van der Waals surface area contributed by atoms with Gasteiger partial charge in [-0.15, -0.1) is 0 Å². The molecule has 1 heterocycles. The van der Waals surface area contributed by atoms with E-state index in [-0.39, 0.29) is 35.7 Å². The summed E-state index contributed by atoms with van der Waals surface area (Å²) in [7, 11) is -4.26. The van der Waals surface area contributed by atoms with E-state index in [0.717, 1.165) is 15.4 Å². The van der Waals surface area contributed by atoms with Crippen molar-refractivity contribution in [1.82, 2.24) is 8.77 Å². The zero-order valence-corrected chi connectivity index (χ0v) is 16.9. The van der Waals surface area contributed by atoms with E-state index in [4.69, 9.17) is 0 Å². The number of carbonyl (C=O) groups excluding carboxylic acids is 1. The van der Waals surface area contributed by atoms with E-state index in [1.165, 1.54) is 12.1 Å². The Labute approximate surface area is 170 Å². The van der Waals surface area contributed by atoms with Gasteiger partial charge >= 0.3 is 10.2 Å². The van der Waals surface area contributed by atoms with Crippen LogP contribution in [0.4, 0.5) is 4.39 Å². The summed E-state index contributed by atoms with van der Waals surface area (Å²) in [4.78, 5) is 12.2. The molecule has 0 aliphatic carbocycles. The van der Waals surface area contributed by atoms with Crippen LogP contribution in [0.25, 0.3) is 0 Å². The lowest BCUT2D eigenvalue weighted by Gasteiger charge is -2.32. The van der Waals surface area contributed by atoms with Crippen LogP contribution in [0.15, 0.2) is 54.6 Å². The minimum atomic E-state index is -4.26. The number of amides is 1. The minimum Gasteiger partial charge on any atom is -0.271 e. The number of carbonyl (C=O) groups is 1. The predicted molar refractivity (Wildman–Crippen MR) is 107 cm³/mol. The number of nitrogens with zero attached hydrogens (tertiary/aromatic N) is 2. The molecule has 1 N–H and O–H groups in total. The lowest BCUT2D eigenvalue weighted by molar-refractivity contribution is -0.146. The van der Waals surface area contributed by atoms with Crippen molar-refractivity contribution in [2.75, 3.05) is 13.1 Å². The Balaban J connectivity index is 1.51. The summed E-state index contributed by atoms with van der Waals surface area (Å²) < 4.78 is 39.2. The smallest absolute Gasteiger partial charge is 0.271 e. The number of hydroxylamine groups is 1. The molecule has 6 nitrogen and oxygen atoms in total. The van der Waals surface area contributed by atoms with Gasteiger partial charge in [0.05, 0.1) is 0 Å². The van der Waals surface area contributed by atoms with E-state index in [1.807, 2.05) is 30.3 Å². The third-order valence-corrected chi connectivity index (χ3v) is 6.91. The molecule has 1 fully saturated rings. The average molecular weight is 421 g/mol. The fraction of sp³-hybridized carbons (Fsp3) is 0.381. The molecule has 0 bridgehead atoms. The van der Waals surface area contributed by atoms with Crippen molar-refractivity contribution < 1.29 is 22.8 Å². The summed E-state index contributed by atoms with van der Waals surface area (Å²) in [5.41, 5.74) is 2.01. The molecule has 1 saturated heterocycles. The maximum absolute atomic E-state index is 13.1. The zero-order valence-electron chi connectivity index (χ0n) is 16.1. The van der Waals surface area contributed by atoms with Gasteiger partial charge in [0.15, 0.2) is 0 Å². The summed E-state index contributed by atoms with van der Waals surface area (Å²) in [6.45, 7) is 0.386. The summed E-state index contributed by atoms with van der Waals surface area (Å²) in [5.74, 6) is -1.02. The van der Waals surface area contributed by atoms with Crippen LogP contribution in [0.1, 0.15) is 42.7 Å². The van der Waals surface area contributed by atoms with Gasteiger partial charge in [-0.2, -0.15) is 12.7 Å². The quantitative estimate of drug-likeness (QED) is 0.549. The molecule has 0 aromatic heterocycles. The summed E-state index contributed by atoms with van der Waals surface area (Å²) in [6, 6.07) is 15.8. The number of hydrogen-bond donors (Lipinski definition) is 1. The van der Waals surface area contributed by atoms with Crippen LogP contribution in [0.3, 0.4) is 0 Å². The van der Waals surface area contributed by atoms with Gasteiger partial charge in [-0.3, -0.25) is 10.0 Å². The highest BCUT2D eigenvalue weighted by Crippen LogP contribution is 2.29. The maximum Gasteiger partial charge on any atom is 0.329 e. The number of hydrogen-bond acceptors (Lipinski definition) is 4. The maximum atomic E-state index is 13.1. The summed E-state index contributed by atoms with van der Waals surface area (Å²) in [6.07, 6.45) is 2.10. The van der Waals surface area contributed by atoms with Crippen LogP contribution in [-0.4, -0.2) is 41.4 Å². The molecule has 0 unspecified atom stereocenters. The molecule has 2 aromatic rings. The monoisotopic (exact) mass is 420 g/mol. The molecule has 156 valence electrons. The third-order valence-electron chi connectivity index (χ3n) is 5.25. The van der Waals surface area contributed by atoms with E-state index in [9.17, 15) is 22.8 Å². The summed E-state index contributed by atoms with van der Waals surface area (Å²) >= 11 is 0. The molecule has 8 heteroatoms. The molecule has 2 aromatic carbocycles. The number of rotatable bonds is 7. The van der Waals surface area contributed by atoms with Gasteiger partial charge in [0.2, 0.25) is 0 Å². The topological polar surface area (TPSA) is 77.9 Å². The van der Waals surface area contributed by atoms with Crippen molar-refractivity contribution in [3.05, 3.63) is 71.5 Å². The Bertz CT molecular complexity index is 911. The first-order valence-corrected chi connectivity index (χ1v) is 11.1. The standard InChI is InChI=1S/C21H25FN2O4S/c22-20-11-9-18(10-12-20)19-13-15-23(16-14-19)29(27,28)24(26)21(25)8-4-7-17-5-2-1-3-6-17/h1-3,5-6,9-12,19,26H,4,7-8,13-16H2. The lowest BCUT2D eigenvalue weighted by Crippen LogP contribution is -2.47. The van der Waals surface area contributed by atoms with Gasteiger partial charge < -0.3 is 0 Å². The van der Waals surface area contributed by atoms with Crippen molar-refractivity contribution in [1.29, 1.82) is 0 Å². The van der Waals surface area contributed by atoms with Crippen molar-refractivity contribution >= 4 is 16.1 Å². The Hall–Kier alpha value is -2.29. The van der Waals surface area contributed by atoms with Gasteiger partial charge in [0, 0.05) is 19.5 Å². The first-order valence-electron chi connectivity index (χ1n) is 9.69. The fourth-order valence-corrected chi connectivity index (χ4v) is 4.82. The molecule has 3 rings (SSSR count). The van der Waals surface area contributed by atoms with E-state index >= 15 is 0 Å². The molecular formula is C21H25FN2O4S. The largest absolute Gasteiger partial charge is 0.329 e. The van der Waals surface area contributed by atoms with Gasteiger partial charge in [-0.05, 0) is 54.9 Å². The van der Waals surface area contributed by atoms with Gasteiger partial charge in [-0.25, -0.2) is 4.39 Å². The Morgan fingerprint density at radius 1 is 1.07 bits per heavy atom. The number of aryl methyl sites for hydroxylation is 1. The van der Waals surface area contributed by atoms with Crippen LogP contribution < -0.4 is 0 Å². The van der Waals surface area contributed by atoms with E-state index in [1.54, 1.807) is 12.1 Å². The summed E-state index contributed by atoms with van der Waals surface area (Å²) in [5, 5.41) is 10.0. The van der Waals surface area contributed by atoms with Gasteiger partial charge in [0.25, 0.3) is 5.91 Å². The highest BCUT2D eigenvalue weighted by Gasteiger charge is 2.35. The molecule has 0 radical (unpaired) electrons. The molecule has 0 spiro atoms. The third kappa shape index (κ3) is 5.41. The van der Waals surface area contributed by atoms with E-state index in [0.29, 0.717) is 25.7 Å². The van der Waals surface area contributed by atoms with Crippen LogP contribution in [-0.2, 0) is 21.4 Å². The second kappa shape index (κ2) is 9.47. The second-order valence-corrected chi connectivity index (χ2v) is 8.97. The highest BCUT2D eigenvalue weighted by atomic mass is 32.2. The number of benzene rings is 2. The lowest BCUT2D eigenvalue weighted by atomic mass is 9.90. The second-order valence-electron chi connectivity index (χ2n) is 7.21. The normalized spacial score (nSPS) is 15.9. The van der Waals surface area contributed by atoms with Crippen molar-refractivity contribution in [3.63, 3.8) is 0 Å². The Kier molecular flexibility index (Phi) is 7.00. The first kappa shape index (κ1) is 21.4. The predicted octanol–water partition coefficient (Wildman–Crippen LogP) is 3.49. The average Bonchev–Trinajstić information content (AvgIpc) is 2.74. The molecule has 1 aliphatic heterocycles. The molecule has 1 aliphatic rings. The van der Waals surface area contributed by atoms with E-state index < -0.39 is 16.1 Å². The Morgan fingerprint density at radius 2 is 1.69 bits per heavy atom. The zero-order chi connectivity index (χ0) is 20.9. The van der Waals surface area contributed by atoms with Crippen LogP contribution in [0.5, 0.6) is 0 Å².